The summed E-state index contributed by atoms with van der Waals surface area (Å²) in [4.78, 5) is 0. The van der Waals surface area contributed by atoms with Crippen LogP contribution in [-0.2, 0) is 4.74 Å². The monoisotopic (exact) mass is 156 g/mol. The molecule has 1 atom stereocenters. The molecule has 0 aromatic rings. The Bertz CT molecular complexity index is 119. The predicted molar refractivity (Wildman–Crippen MR) is 43.6 cm³/mol. The van der Waals surface area contributed by atoms with Crippen LogP contribution in [0.15, 0.2) is 0 Å². The van der Waals surface area contributed by atoms with E-state index in [0.29, 0.717) is 12.2 Å². The third kappa shape index (κ3) is 1.92. The van der Waals surface area contributed by atoms with Crippen LogP contribution in [0.25, 0.3) is 0 Å². The van der Waals surface area contributed by atoms with Crippen LogP contribution >= 0.6 is 0 Å². The molecule has 2 N–H and O–H groups in total. The van der Waals surface area contributed by atoms with Gasteiger partial charge in [-0.15, -0.1) is 0 Å². The van der Waals surface area contributed by atoms with Crippen molar-refractivity contribution < 1.29 is 4.74 Å². The summed E-state index contributed by atoms with van der Waals surface area (Å²) in [7, 11) is 0. The Morgan fingerprint density at radius 3 is 2.36 bits per heavy atom. The molecule has 0 amide bonds. The van der Waals surface area contributed by atoms with Crippen molar-refractivity contribution >= 4 is 0 Å². The second-order valence-electron chi connectivity index (χ2n) is 3.38. The van der Waals surface area contributed by atoms with E-state index in [-0.39, 0.29) is 0 Å². The van der Waals surface area contributed by atoms with Crippen molar-refractivity contribution in [2.45, 2.75) is 25.0 Å². The van der Waals surface area contributed by atoms with Gasteiger partial charge in [0.2, 0.25) is 0 Å². The lowest BCUT2D eigenvalue weighted by Gasteiger charge is -2.33. The average molecular weight is 156 g/mol. The van der Waals surface area contributed by atoms with E-state index in [4.69, 9.17) is 4.74 Å². The lowest BCUT2D eigenvalue weighted by Crippen LogP contribution is -2.51. The fourth-order valence-electron chi connectivity index (χ4n) is 1.57. The Labute approximate surface area is 67.5 Å². The van der Waals surface area contributed by atoms with E-state index in [0.717, 1.165) is 19.6 Å². The Morgan fingerprint density at radius 2 is 1.82 bits per heavy atom. The van der Waals surface area contributed by atoms with Gasteiger partial charge in [-0.1, -0.05) is 0 Å². The van der Waals surface area contributed by atoms with Crippen LogP contribution in [0.4, 0.5) is 0 Å². The number of nitrogens with one attached hydrogen (secondary N) is 2. The van der Waals surface area contributed by atoms with Gasteiger partial charge >= 0.3 is 0 Å². The fraction of sp³-hybridized carbons (Fsp3) is 1.00. The first kappa shape index (κ1) is 7.53. The highest BCUT2D eigenvalue weighted by atomic mass is 16.5. The zero-order valence-electron chi connectivity index (χ0n) is 6.81. The summed E-state index contributed by atoms with van der Waals surface area (Å²) in [5, 5.41) is 6.55. The maximum atomic E-state index is 5.80. The highest BCUT2D eigenvalue weighted by Crippen LogP contribution is 2.10. The lowest BCUT2D eigenvalue weighted by atomic mass is 10.1. The van der Waals surface area contributed by atoms with Gasteiger partial charge in [-0.2, -0.15) is 0 Å². The molecule has 0 saturated carbocycles. The third-order valence-corrected chi connectivity index (χ3v) is 2.38. The molecule has 2 rings (SSSR count). The van der Waals surface area contributed by atoms with Crippen molar-refractivity contribution in [3.8, 4) is 0 Å². The zero-order valence-corrected chi connectivity index (χ0v) is 6.81. The molecule has 0 aromatic carbocycles. The van der Waals surface area contributed by atoms with E-state index in [2.05, 4.69) is 10.6 Å². The molecule has 2 heterocycles. The number of ether oxygens (including phenoxy) is 1. The smallest absolute Gasteiger partial charge is 0.0827 e. The van der Waals surface area contributed by atoms with Gasteiger partial charge in [-0.25, -0.2) is 0 Å². The molecule has 0 aromatic heterocycles. The van der Waals surface area contributed by atoms with E-state index in [1.807, 2.05) is 0 Å². The second kappa shape index (κ2) is 3.52. The van der Waals surface area contributed by atoms with Gasteiger partial charge in [0, 0.05) is 19.6 Å². The Hall–Kier alpha value is -0.120. The number of hydrogen-bond acceptors (Lipinski definition) is 3. The minimum Gasteiger partial charge on any atom is -0.371 e. The first-order valence-electron chi connectivity index (χ1n) is 4.52. The van der Waals surface area contributed by atoms with Gasteiger partial charge < -0.3 is 15.4 Å². The third-order valence-electron chi connectivity index (χ3n) is 2.38. The van der Waals surface area contributed by atoms with Crippen molar-refractivity contribution in [2.24, 2.45) is 0 Å². The second-order valence-corrected chi connectivity index (χ2v) is 3.38. The Kier molecular flexibility index (Phi) is 2.41. The minimum atomic E-state index is 0.482. The Balaban J connectivity index is 1.67. The van der Waals surface area contributed by atoms with Crippen molar-refractivity contribution in [1.82, 2.24) is 10.6 Å². The largest absolute Gasteiger partial charge is 0.371 e. The number of hydrogen-bond donors (Lipinski definition) is 2. The summed E-state index contributed by atoms with van der Waals surface area (Å²) in [5.41, 5.74) is 0. The van der Waals surface area contributed by atoms with E-state index in [1.54, 1.807) is 0 Å². The molecule has 0 spiro atoms. The summed E-state index contributed by atoms with van der Waals surface area (Å²) in [6, 6.07) is 0. The minimum absolute atomic E-state index is 0.482. The summed E-state index contributed by atoms with van der Waals surface area (Å²) in [5.74, 6) is 0. The molecule has 64 valence electrons. The predicted octanol–water partition coefficient (Wildman–Crippen LogP) is -0.273. The van der Waals surface area contributed by atoms with Gasteiger partial charge in [0.1, 0.15) is 0 Å². The zero-order chi connectivity index (χ0) is 7.52. The molecule has 3 nitrogen and oxygen atoms in total. The molecular weight excluding hydrogens is 140 g/mol. The summed E-state index contributed by atoms with van der Waals surface area (Å²) in [6.07, 6.45) is 3.49. The standard InChI is InChI=1S/C8H16N2O/c1-2-7(4-9-3-1)11-8-5-10-6-8/h7-10H,1-6H2. The molecule has 0 aliphatic carbocycles. The van der Waals surface area contributed by atoms with E-state index < -0.39 is 0 Å². The first-order valence-corrected chi connectivity index (χ1v) is 4.52. The maximum Gasteiger partial charge on any atom is 0.0827 e. The Morgan fingerprint density at radius 1 is 1.00 bits per heavy atom. The van der Waals surface area contributed by atoms with E-state index in [9.17, 15) is 0 Å². The average Bonchev–Trinajstić information content (AvgIpc) is 1.99. The van der Waals surface area contributed by atoms with Crippen molar-refractivity contribution in [1.29, 1.82) is 0 Å². The molecule has 11 heavy (non-hydrogen) atoms. The molecule has 2 aliphatic heterocycles. The van der Waals surface area contributed by atoms with Gasteiger partial charge in [0.15, 0.2) is 0 Å². The van der Waals surface area contributed by atoms with Gasteiger partial charge in [-0.05, 0) is 19.4 Å². The molecule has 3 heteroatoms. The molecular formula is C8H16N2O. The maximum absolute atomic E-state index is 5.80. The summed E-state index contributed by atoms with van der Waals surface area (Å²) >= 11 is 0. The van der Waals surface area contributed by atoms with E-state index in [1.165, 1.54) is 19.4 Å². The molecule has 1 unspecified atom stereocenters. The SMILES string of the molecule is C1CNCC(OC2CNC2)C1. The first-order chi connectivity index (χ1) is 5.45. The number of piperidine rings is 1. The van der Waals surface area contributed by atoms with Crippen molar-refractivity contribution in [3.63, 3.8) is 0 Å². The quantitative estimate of drug-likeness (QED) is 0.577. The molecule has 2 fully saturated rings. The summed E-state index contributed by atoms with van der Waals surface area (Å²) < 4.78 is 5.80. The van der Waals surface area contributed by atoms with Crippen LogP contribution in [0.3, 0.4) is 0 Å². The normalized spacial score (nSPS) is 33.3. The van der Waals surface area contributed by atoms with Crippen LogP contribution in [0, 0.1) is 0 Å². The van der Waals surface area contributed by atoms with E-state index >= 15 is 0 Å². The number of rotatable bonds is 2. The highest BCUT2D eigenvalue weighted by Gasteiger charge is 2.22. The van der Waals surface area contributed by atoms with Crippen LogP contribution in [0.5, 0.6) is 0 Å². The molecule has 0 radical (unpaired) electrons. The molecule has 2 aliphatic rings. The van der Waals surface area contributed by atoms with Crippen LogP contribution in [0.2, 0.25) is 0 Å². The lowest BCUT2D eigenvalue weighted by molar-refractivity contribution is -0.0458. The van der Waals surface area contributed by atoms with Crippen LogP contribution < -0.4 is 10.6 Å². The van der Waals surface area contributed by atoms with Gasteiger partial charge in [0.05, 0.1) is 12.2 Å². The molecule has 0 bridgehead atoms. The highest BCUT2D eigenvalue weighted by molar-refractivity contribution is 4.78. The van der Waals surface area contributed by atoms with Gasteiger partial charge in [0.25, 0.3) is 0 Å². The topological polar surface area (TPSA) is 33.3 Å². The van der Waals surface area contributed by atoms with Crippen molar-refractivity contribution in [3.05, 3.63) is 0 Å². The van der Waals surface area contributed by atoms with Crippen molar-refractivity contribution in [2.75, 3.05) is 26.2 Å². The van der Waals surface area contributed by atoms with Crippen LogP contribution in [-0.4, -0.2) is 38.4 Å². The summed E-state index contributed by atoms with van der Waals surface area (Å²) in [6.45, 7) is 4.33. The van der Waals surface area contributed by atoms with Crippen LogP contribution in [0.1, 0.15) is 12.8 Å². The van der Waals surface area contributed by atoms with Gasteiger partial charge in [-0.3, -0.25) is 0 Å². The fourth-order valence-corrected chi connectivity index (χ4v) is 1.57. The molecule has 2 saturated heterocycles.